The molecule has 2 rings (SSSR count). The van der Waals surface area contributed by atoms with Crippen LogP contribution in [0.25, 0.3) is 0 Å². The number of nitrogens with zero attached hydrogens (tertiary/aromatic N) is 1. The molecule has 1 aromatic rings. The van der Waals surface area contributed by atoms with E-state index in [0.29, 0.717) is 6.61 Å². The molecule has 2 heterocycles. The summed E-state index contributed by atoms with van der Waals surface area (Å²) < 4.78 is 30.3. The minimum Gasteiger partial charge on any atom is -0.368 e. The zero-order valence-corrected chi connectivity index (χ0v) is 5.55. The van der Waals surface area contributed by atoms with Gasteiger partial charge in [0.2, 0.25) is 0 Å². The molecule has 0 N–H and O–H groups in total. The van der Waals surface area contributed by atoms with E-state index in [4.69, 9.17) is 4.74 Å². The van der Waals surface area contributed by atoms with Gasteiger partial charge in [-0.15, -0.1) is 0 Å². The summed E-state index contributed by atoms with van der Waals surface area (Å²) in [5, 5.41) is 0. The first kappa shape index (κ1) is 6.67. The normalized spacial score (nSPS) is 21.8. The maximum atomic E-state index is 12.8. The van der Waals surface area contributed by atoms with Gasteiger partial charge in [0.15, 0.2) is 0 Å². The van der Waals surface area contributed by atoms with Crippen LogP contribution in [0.3, 0.4) is 0 Å². The highest BCUT2D eigenvalue weighted by molar-refractivity contribution is 5.20. The third-order valence-electron chi connectivity index (χ3n) is 1.55. The maximum absolute atomic E-state index is 12.8. The zero-order chi connectivity index (χ0) is 7.84. The summed E-state index contributed by atoms with van der Waals surface area (Å²) in [6, 6.07) is 0. The van der Waals surface area contributed by atoms with Crippen LogP contribution < -0.4 is 0 Å². The fourth-order valence-corrected chi connectivity index (χ4v) is 0.944. The van der Waals surface area contributed by atoms with Crippen molar-refractivity contribution in [3.63, 3.8) is 0 Å². The molecule has 2 nitrogen and oxygen atoms in total. The summed E-state index contributed by atoms with van der Waals surface area (Å²) in [6.07, 6.45) is 1.58. The molecule has 4 heteroatoms. The Morgan fingerprint density at radius 3 is 2.36 bits per heavy atom. The number of hydrogen-bond donors (Lipinski definition) is 0. The van der Waals surface area contributed by atoms with Crippen molar-refractivity contribution in [1.82, 2.24) is 4.98 Å². The Kier molecular flexibility index (Phi) is 1.35. The Morgan fingerprint density at radius 2 is 1.91 bits per heavy atom. The lowest BCUT2D eigenvalue weighted by atomic mass is 10.2. The van der Waals surface area contributed by atoms with Gasteiger partial charge in [-0.1, -0.05) is 0 Å². The van der Waals surface area contributed by atoms with Gasteiger partial charge in [-0.3, -0.25) is 4.98 Å². The van der Waals surface area contributed by atoms with Crippen LogP contribution in [0.4, 0.5) is 8.78 Å². The lowest BCUT2D eigenvalue weighted by Crippen LogP contribution is -1.94. The third kappa shape index (κ3) is 1.09. The molecule has 0 amide bonds. The molecule has 1 saturated heterocycles. The molecule has 1 aliphatic rings. The number of aromatic nitrogens is 1. The molecule has 58 valence electrons. The van der Waals surface area contributed by atoms with Crippen molar-refractivity contribution in [1.29, 1.82) is 0 Å². The van der Waals surface area contributed by atoms with Crippen molar-refractivity contribution in [2.75, 3.05) is 6.61 Å². The average molecular weight is 157 g/mol. The van der Waals surface area contributed by atoms with E-state index in [-0.39, 0.29) is 5.56 Å². The van der Waals surface area contributed by atoms with Crippen molar-refractivity contribution in [2.24, 2.45) is 0 Å². The monoisotopic (exact) mass is 157 g/mol. The second-order valence-electron chi connectivity index (χ2n) is 2.34. The van der Waals surface area contributed by atoms with Crippen LogP contribution in [0.5, 0.6) is 0 Å². The summed E-state index contributed by atoms with van der Waals surface area (Å²) in [4.78, 5) is 3.35. The predicted molar refractivity (Wildman–Crippen MR) is 32.8 cm³/mol. The molecule has 0 radical (unpaired) electrons. The van der Waals surface area contributed by atoms with Gasteiger partial charge in [0.05, 0.1) is 24.6 Å². The van der Waals surface area contributed by atoms with Crippen LogP contribution in [-0.2, 0) is 4.74 Å². The fourth-order valence-electron chi connectivity index (χ4n) is 0.944. The first-order valence-electron chi connectivity index (χ1n) is 3.19. The Morgan fingerprint density at radius 1 is 1.36 bits per heavy atom. The van der Waals surface area contributed by atoms with E-state index in [9.17, 15) is 8.78 Å². The molecule has 11 heavy (non-hydrogen) atoms. The number of rotatable bonds is 1. The molecule has 0 aliphatic carbocycles. The minimum atomic E-state index is -0.632. The molecule has 1 aliphatic heterocycles. The molecule has 0 aromatic carbocycles. The SMILES string of the molecule is Fc1cncc(F)c1[C@@H]1CO1. The number of pyridine rings is 1. The molecule has 0 unspecified atom stereocenters. The maximum Gasteiger partial charge on any atom is 0.150 e. The van der Waals surface area contributed by atoms with Gasteiger partial charge in [0.1, 0.15) is 17.7 Å². The van der Waals surface area contributed by atoms with Crippen LogP contribution in [0.15, 0.2) is 12.4 Å². The van der Waals surface area contributed by atoms with Crippen molar-refractivity contribution >= 4 is 0 Å². The van der Waals surface area contributed by atoms with Crippen LogP contribution in [0.2, 0.25) is 0 Å². The van der Waals surface area contributed by atoms with Gasteiger partial charge in [-0.25, -0.2) is 8.78 Å². The van der Waals surface area contributed by atoms with E-state index in [0.717, 1.165) is 12.4 Å². The fraction of sp³-hybridized carbons (Fsp3) is 0.286. The van der Waals surface area contributed by atoms with Gasteiger partial charge in [-0.05, 0) is 0 Å². The van der Waals surface area contributed by atoms with Crippen LogP contribution in [0.1, 0.15) is 11.7 Å². The summed E-state index contributed by atoms with van der Waals surface area (Å²) in [5.41, 5.74) is 0.000000000000000222. The highest BCUT2D eigenvalue weighted by Crippen LogP contribution is 2.32. The van der Waals surface area contributed by atoms with E-state index in [1.54, 1.807) is 0 Å². The van der Waals surface area contributed by atoms with Crippen molar-refractivity contribution < 1.29 is 13.5 Å². The van der Waals surface area contributed by atoms with Crippen molar-refractivity contribution in [2.45, 2.75) is 6.10 Å². The lowest BCUT2D eigenvalue weighted by molar-refractivity contribution is 0.396. The topological polar surface area (TPSA) is 25.4 Å². The van der Waals surface area contributed by atoms with E-state index >= 15 is 0 Å². The smallest absolute Gasteiger partial charge is 0.150 e. The summed E-state index contributed by atoms with van der Waals surface area (Å²) in [7, 11) is 0. The van der Waals surface area contributed by atoms with Crippen LogP contribution in [-0.4, -0.2) is 11.6 Å². The number of ether oxygens (including phenoxy) is 1. The predicted octanol–water partition coefficient (Wildman–Crippen LogP) is 1.43. The highest BCUT2D eigenvalue weighted by Gasteiger charge is 2.31. The lowest BCUT2D eigenvalue weighted by Gasteiger charge is -1.97. The van der Waals surface area contributed by atoms with Crippen LogP contribution in [0, 0.1) is 11.6 Å². The average Bonchev–Trinajstić information content (AvgIpc) is 2.70. The highest BCUT2D eigenvalue weighted by atomic mass is 19.1. The molecule has 0 spiro atoms. The largest absolute Gasteiger partial charge is 0.368 e. The Bertz CT molecular complexity index is 266. The molecular weight excluding hydrogens is 152 g/mol. The standard InChI is InChI=1S/C7H5F2NO/c8-4-1-10-2-5(9)7(4)6-3-11-6/h1-2,6H,3H2/t6-/m0/s1. The van der Waals surface area contributed by atoms with Crippen molar-refractivity contribution in [3.05, 3.63) is 29.6 Å². The van der Waals surface area contributed by atoms with Gasteiger partial charge in [0.25, 0.3) is 0 Å². The Hall–Kier alpha value is -1.03. The number of halogens is 2. The minimum absolute atomic E-state index is 0.000000000000000222. The third-order valence-corrected chi connectivity index (χ3v) is 1.55. The molecule has 0 bridgehead atoms. The van der Waals surface area contributed by atoms with E-state index < -0.39 is 17.7 Å². The second-order valence-corrected chi connectivity index (χ2v) is 2.34. The summed E-state index contributed by atoms with van der Waals surface area (Å²) in [5.74, 6) is -1.26. The Balaban J connectivity index is 2.48. The van der Waals surface area contributed by atoms with Crippen LogP contribution >= 0.6 is 0 Å². The van der Waals surface area contributed by atoms with Gasteiger partial charge in [0, 0.05) is 0 Å². The van der Waals surface area contributed by atoms with E-state index in [1.165, 1.54) is 0 Å². The van der Waals surface area contributed by atoms with Gasteiger partial charge in [-0.2, -0.15) is 0 Å². The molecule has 1 fully saturated rings. The summed E-state index contributed by atoms with van der Waals surface area (Å²) in [6.45, 7) is 0.401. The van der Waals surface area contributed by atoms with Gasteiger partial charge < -0.3 is 4.74 Å². The molecular formula is C7H5F2NO. The van der Waals surface area contributed by atoms with Crippen molar-refractivity contribution in [3.8, 4) is 0 Å². The molecule has 1 atom stereocenters. The first-order valence-corrected chi connectivity index (χ1v) is 3.19. The van der Waals surface area contributed by atoms with Gasteiger partial charge >= 0.3 is 0 Å². The Labute approximate surface area is 61.8 Å². The quantitative estimate of drug-likeness (QED) is 0.576. The van der Waals surface area contributed by atoms with E-state index in [2.05, 4.69) is 4.98 Å². The summed E-state index contributed by atoms with van der Waals surface area (Å²) >= 11 is 0. The molecule has 0 saturated carbocycles. The van der Waals surface area contributed by atoms with E-state index in [1.807, 2.05) is 0 Å². The second kappa shape index (κ2) is 2.23. The first-order chi connectivity index (χ1) is 5.29. The number of hydrogen-bond acceptors (Lipinski definition) is 2. The zero-order valence-electron chi connectivity index (χ0n) is 5.55. The number of epoxide rings is 1. The molecule has 1 aromatic heterocycles.